The monoisotopic (exact) mass is 356 g/mol. The van der Waals surface area contributed by atoms with E-state index in [0.29, 0.717) is 23.4 Å². The van der Waals surface area contributed by atoms with Crippen LogP contribution in [0.5, 0.6) is 5.75 Å². The molecule has 2 N–H and O–H groups in total. The Morgan fingerprint density at radius 3 is 2.75 bits per heavy atom. The number of hydrogen-bond acceptors (Lipinski definition) is 4. The van der Waals surface area contributed by atoms with Crippen molar-refractivity contribution in [1.82, 2.24) is 10.6 Å². The number of esters is 1. The van der Waals surface area contributed by atoms with E-state index in [1.807, 2.05) is 6.92 Å². The fourth-order valence-corrected chi connectivity index (χ4v) is 2.47. The third kappa shape index (κ3) is 4.17. The molecule has 1 atom stereocenters. The molecule has 0 unspecified atom stereocenters. The van der Waals surface area contributed by atoms with E-state index in [2.05, 4.69) is 10.6 Å². The van der Waals surface area contributed by atoms with Gasteiger partial charge in [-0.15, -0.1) is 0 Å². The van der Waals surface area contributed by atoms with Crippen LogP contribution in [-0.2, 0) is 9.53 Å². The van der Waals surface area contributed by atoms with Gasteiger partial charge < -0.3 is 20.1 Å². The molecule has 0 radical (unpaired) electrons. The van der Waals surface area contributed by atoms with Crippen molar-refractivity contribution >= 4 is 23.6 Å². The SMILES string of the molecule is CCOC(=O)C1=C(COc2ccc(F)c(Cl)c2)NC(=O)N[C@@H]1CC. The standard InChI is InChI=1S/C16H18ClFN2O4/c1-3-12-14(15(21)23-4-2)13(20-16(22)19-12)8-24-9-5-6-11(18)10(17)7-9/h5-7,12H,3-4,8H2,1-2H3,(H2,19,20,22)/t12-/m1/s1. The smallest absolute Gasteiger partial charge is 0.338 e. The lowest BCUT2D eigenvalue weighted by atomic mass is 10.0. The lowest BCUT2D eigenvalue weighted by Gasteiger charge is -2.28. The quantitative estimate of drug-likeness (QED) is 0.768. The number of benzene rings is 1. The Hall–Kier alpha value is -2.28. The van der Waals surface area contributed by atoms with E-state index in [-0.39, 0.29) is 18.2 Å². The Balaban J connectivity index is 2.24. The molecule has 0 saturated heterocycles. The number of nitrogens with one attached hydrogen (secondary N) is 2. The zero-order chi connectivity index (χ0) is 17.7. The Labute approximate surface area is 144 Å². The van der Waals surface area contributed by atoms with Crippen LogP contribution in [0.2, 0.25) is 5.02 Å². The first kappa shape index (κ1) is 18.1. The van der Waals surface area contributed by atoms with E-state index in [9.17, 15) is 14.0 Å². The molecule has 1 aliphatic heterocycles. The molecule has 6 nitrogen and oxygen atoms in total. The normalized spacial score (nSPS) is 17.2. The molecule has 0 aromatic heterocycles. The van der Waals surface area contributed by atoms with Gasteiger partial charge in [-0.3, -0.25) is 0 Å². The van der Waals surface area contributed by atoms with Gasteiger partial charge in [0.1, 0.15) is 18.2 Å². The summed E-state index contributed by atoms with van der Waals surface area (Å²) in [4.78, 5) is 23.9. The van der Waals surface area contributed by atoms with E-state index in [0.717, 1.165) is 0 Å². The summed E-state index contributed by atoms with van der Waals surface area (Å²) in [7, 11) is 0. The predicted molar refractivity (Wildman–Crippen MR) is 86.3 cm³/mol. The zero-order valence-electron chi connectivity index (χ0n) is 13.3. The van der Waals surface area contributed by atoms with Gasteiger partial charge >= 0.3 is 12.0 Å². The third-order valence-electron chi connectivity index (χ3n) is 3.42. The van der Waals surface area contributed by atoms with Gasteiger partial charge in [0.05, 0.1) is 28.9 Å². The molecular formula is C16H18ClFN2O4. The van der Waals surface area contributed by atoms with Gasteiger partial charge in [0.15, 0.2) is 0 Å². The number of halogens is 2. The molecule has 2 amide bonds. The maximum Gasteiger partial charge on any atom is 0.338 e. The van der Waals surface area contributed by atoms with Gasteiger partial charge in [0, 0.05) is 6.07 Å². The summed E-state index contributed by atoms with van der Waals surface area (Å²) in [6, 6.07) is 3.01. The summed E-state index contributed by atoms with van der Waals surface area (Å²) in [5, 5.41) is 5.15. The summed E-state index contributed by atoms with van der Waals surface area (Å²) >= 11 is 5.70. The minimum Gasteiger partial charge on any atom is -0.487 e. The molecule has 1 heterocycles. The number of carbonyl (C=O) groups excluding carboxylic acids is 2. The summed E-state index contributed by atoms with van der Waals surface area (Å²) in [6.45, 7) is 3.67. The van der Waals surface area contributed by atoms with Crippen LogP contribution in [0.25, 0.3) is 0 Å². The van der Waals surface area contributed by atoms with E-state index >= 15 is 0 Å². The molecule has 2 rings (SSSR count). The van der Waals surface area contributed by atoms with Crippen molar-refractivity contribution in [2.24, 2.45) is 0 Å². The van der Waals surface area contributed by atoms with Gasteiger partial charge in [-0.25, -0.2) is 14.0 Å². The largest absolute Gasteiger partial charge is 0.487 e. The van der Waals surface area contributed by atoms with Crippen molar-refractivity contribution in [1.29, 1.82) is 0 Å². The van der Waals surface area contributed by atoms with Crippen molar-refractivity contribution in [3.05, 3.63) is 40.3 Å². The minimum atomic E-state index is -0.559. The molecule has 1 aliphatic rings. The fraction of sp³-hybridized carbons (Fsp3) is 0.375. The Bertz CT molecular complexity index is 678. The van der Waals surface area contributed by atoms with E-state index < -0.39 is 23.9 Å². The predicted octanol–water partition coefficient (Wildman–Crippen LogP) is 2.77. The van der Waals surface area contributed by atoms with Gasteiger partial charge in [-0.05, 0) is 25.5 Å². The number of hydrogen-bond donors (Lipinski definition) is 2. The van der Waals surface area contributed by atoms with Crippen LogP contribution in [-0.4, -0.2) is 31.3 Å². The highest BCUT2D eigenvalue weighted by Gasteiger charge is 2.31. The van der Waals surface area contributed by atoms with Crippen LogP contribution in [0.4, 0.5) is 9.18 Å². The van der Waals surface area contributed by atoms with Gasteiger partial charge in [-0.1, -0.05) is 18.5 Å². The van der Waals surface area contributed by atoms with Crippen LogP contribution in [0.3, 0.4) is 0 Å². The summed E-state index contributed by atoms with van der Waals surface area (Å²) < 4.78 is 23.7. The number of amides is 2. The molecule has 8 heteroatoms. The van der Waals surface area contributed by atoms with Crippen LogP contribution in [0, 0.1) is 5.82 Å². The minimum absolute atomic E-state index is 0.0760. The molecule has 0 saturated carbocycles. The Kier molecular flexibility index (Phi) is 6.03. The molecule has 24 heavy (non-hydrogen) atoms. The number of ether oxygens (including phenoxy) is 2. The summed E-state index contributed by atoms with van der Waals surface area (Å²) in [5.74, 6) is -0.762. The molecule has 1 aromatic carbocycles. The Morgan fingerprint density at radius 2 is 2.12 bits per heavy atom. The molecular weight excluding hydrogens is 339 g/mol. The van der Waals surface area contributed by atoms with Crippen LogP contribution in [0.15, 0.2) is 29.5 Å². The fourth-order valence-electron chi connectivity index (χ4n) is 2.30. The molecule has 0 bridgehead atoms. The van der Waals surface area contributed by atoms with Gasteiger partial charge in [0.2, 0.25) is 0 Å². The van der Waals surface area contributed by atoms with Gasteiger partial charge in [-0.2, -0.15) is 0 Å². The van der Waals surface area contributed by atoms with Crippen molar-refractivity contribution < 1.29 is 23.5 Å². The molecule has 0 spiro atoms. The molecule has 0 fully saturated rings. The lowest BCUT2D eigenvalue weighted by Crippen LogP contribution is -2.51. The van der Waals surface area contributed by atoms with Crippen LogP contribution < -0.4 is 15.4 Å². The average molecular weight is 357 g/mol. The molecule has 0 aliphatic carbocycles. The average Bonchev–Trinajstić information content (AvgIpc) is 2.55. The second-order valence-corrected chi connectivity index (χ2v) is 5.44. The van der Waals surface area contributed by atoms with Crippen molar-refractivity contribution in [2.75, 3.05) is 13.2 Å². The third-order valence-corrected chi connectivity index (χ3v) is 3.71. The van der Waals surface area contributed by atoms with Crippen molar-refractivity contribution in [2.45, 2.75) is 26.3 Å². The highest BCUT2D eigenvalue weighted by molar-refractivity contribution is 6.30. The molecule has 1 aromatic rings. The lowest BCUT2D eigenvalue weighted by molar-refractivity contribution is -0.139. The first-order valence-corrected chi connectivity index (χ1v) is 7.89. The van der Waals surface area contributed by atoms with Crippen molar-refractivity contribution in [3.63, 3.8) is 0 Å². The maximum atomic E-state index is 13.2. The van der Waals surface area contributed by atoms with E-state index in [1.54, 1.807) is 6.92 Å². The number of urea groups is 1. The van der Waals surface area contributed by atoms with Gasteiger partial charge in [0.25, 0.3) is 0 Å². The topological polar surface area (TPSA) is 76.7 Å². The van der Waals surface area contributed by atoms with Crippen molar-refractivity contribution in [3.8, 4) is 5.75 Å². The van der Waals surface area contributed by atoms with Crippen LogP contribution in [0.1, 0.15) is 20.3 Å². The molecule has 130 valence electrons. The first-order valence-electron chi connectivity index (χ1n) is 7.51. The maximum absolute atomic E-state index is 13.2. The Morgan fingerprint density at radius 1 is 1.38 bits per heavy atom. The second kappa shape index (κ2) is 8.01. The zero-order valence-corrected chi connectivity index (χ0v) is 14.1. The second-order valence-electron chi connectivity index (χ2n) is 5.04. The summed E-state index contributed by atoms with van der Waals surface area (Å²) in [6.07, 6.45) is 0.521. The number of carbonyl (C=O) groups is 2. The number of rotatable bonds is 6. The summed E-state index contributed by atoms with van der Waals surface area (Å²) in [5.41, 5.74) is 0.622. The first-order chi connectivity index (χ1) is 11.5. The van der Waals surface area contributed by atoms with Crippen LogP contribution >= 0.6 is 11.6 Å². The van der Waals surface area contributed by atoms with E-state index in [1.165, 1.54) is 18.2 Å². The highest BCUT2D eigenvalue weighted by Crippen LogP contribution is 2.23. The highest BCUT2D eigenvalue weighted by atomic mass is 35.5. The van der Waals surface area contributed by atoms with E-state index in [4.69, 9.17) is 21.1 Å².